The smallest absolute Gasteiger partial charge is 0.178 e. The fourth-order valence-corrected chi connectivity index (χ4v) is 2.52. The van der Waals surface area contributed by atoms with Gasteiger partial charge in [0.1, 0.15) is 5.82 Å². The number of H-pyrrole nitrogens is 1. The number of rotatable bonds is 2. The van der Waals surface area contributed by atoms with Crippen molar-refractivity contribution in [2.75, 3.05) is 0 Å². The number of aryl methyl sites for hydroxylation is 1. The molecular weight excluding hydrogens is 297 g/mol. The molecular formula is C14H11ClFN3S. The summed E-state index contributed by atoms with van der Waals surface area (Å²) in [5.41, 5.74) is 3.37. The summed E-state index contributed by atoms with van der Waals surface area (Å²) >= 11 is 11.1. The molecule has 0 fully saturated rings. The fraction of sp³-hybridized carbons (Fsp3) is 0.143. The minimum atomic E-state index is -0.455. The standard InChI is InChI=1S/C14H11ClFN3S/c1-8-2-3-9(6-17-8)7-19-13-5-11(16)10(15)4-12(13)18-14(19)20/h2-6H,7H2,1H3,(H,18,20). The largest absolute Gasteiger partial charge is 0.331 e. The summed E-state index contributed by atoms with van der Waals surface area (Å²) in [6.07, 6.45) is 1.79. The number of halogens is 2. The van der Waals surface area contributed by atoms with Crippen molar-refractivity contribution in [2.45, 2.75) is 13.5 Å². The average Bonchev–Trinajstić information content (AvgIpc) is 2.69. The van der Waals surface area contributed by atoms with E-state index in [1.54, 1.807) is 12.3 Å². The Hall–Kier alpha value is -1.72. The number of nitrogens with one attached hydrogen (secondary N) is 1. The number of fused-ring (bicyclic) bond motifs is 1. The number of nitrogens with zero attached hydrogens (tertiary/aromatic N) is 2. The molecule has 6 heteroatoms. The lowest BCUT2D eigenvalue weighted by molar-refractivity contribution is 0.629. The zero-order valence-corrected chi connectivity index (χ0v) is 12.2. The van der Waals surface area contributed by atoms with Gasteiger partial charge in [0.05, 0.1) is 22.6 Å². The lowest BCUT2D eigenvalue weighted by Crippen LogP contribution is -2.00. The predicted octanol–water partition coefficient (Wildman–Crippen LogP) is 4.24. The van der Waals surface area contributed by atoms with Crippen LogP contribution >= 0.6 is 23.8 Å². The molecule has 1 N–H and O–H groups in total. The van der Waals surface area contributed by atoms with Gasteiger partial charge in [0.15, 0.2) is 4.77 Å². The first kappa shape index (κ1) is 13.3. The molecule has 3 nitrogen and oxygen atoms in total. The first-order valence-electron chi connectivity index (χ1n) is 6.03. The van der Waals surface area contributed by atoms with Crippen LogP contribution in [0.3, 0.4) is 0 Å². The lowest BCUT2D eigenvalue weighted by Gasteiger charge is -2.05. The third-order valence-corrected chi connectivity index (χ3v) is 3.74. The van der Waals surface area contributed by atoms with Gasteiger partial charge in [-0.05, 0) is 36.8 Å². The minimum Gasteiger partial charge on any atom is -0.331 e. The van der Waals surface area contributed by atoms with E-state index in [1.165, 1.54) is 6.07 Å². The van der Waals surface area contributed by atoms with Crippen molar-refractivity contribution >= 4 is 34.9 Å². The second-order valence-corrected chi connectivity index (χ2v) is 5.40. The van der Waals surface area contributed by atoms with Crippen LogP contribution in [0.2, 0.25) is 5.02 Å². The zero-order chi connectivity index (χ0) is 14.3. The fourth-order valence-electron chi connectivity index (χ4n) is 2.08. The Morgan fingerprint density at radius 3 is 2.90 bits per heavy atom. The van der Waals surface area contributed by atoms with Crippen LogP contribution in [0.15, 0.2) is 30.5 Å². The van der Waals surface area contributed by atoms with Crippen LogP contribution in [-0.4, -0.2) is 14.5 Å². The highest BCUT2D eigenvalue weighted by Crippen LogP contribution is 2.23. The van der Waals surface area contributed by atoms with Crippen LogP contribution in [0.25, 0.3) is 11.0 Å². The molecule has 0 saturated heterocycles. The number of pyridine rings is 1. The number of aromatic nitrogens is 3. The molecule has 2 aromatic heterocycles. The highest BCUT2D eigenvalue weighted by atomic mass is 35.5. The van der Waals surface area contributed by atoms with Crippen LogP contribution in [0.4, 0.5) is 4.39 Å². The highest BCUT2D eigenvalue weighted by Gasteiger charge is 2.09. The molecule has 3 rings (SSSR count). The summed E-state index contributed by atoms with van der Waals surface area (Å²) in [6.45, 7) is 2.46. The summed E-state index contributed by atoms with van der Waals surface area (Å²) in [6, 6.07) is 6.86. The molecule has 0 atom stereocenters. The van der Waals surface area contributed by atoms with Crippen molar-refractivity contribution in [2.24, 2.45) is 0 Å². The Bertz CT molecular complexity index is 836. The van der Waals surface area contributed by atoms with E-state index < -0.39 is 5.82 Å². The van der Waals surface area contributed by atoms with Gasteiger partial charge in [0.2, 0.25) is 0 Å². The van der Waals surface area contributed by atoms with Crippen LogP contribution < -0.4 is 0 Å². The molecule has 1 aromatic carbocycles. The summed E-state index contributed by atoms with van der Waals surface area (Å²) in [5, 5.41) is 0.0814. The third kappa shape index (κ3) is 2.34. The maximum Gasteiger partial charge on any atom is 0.178 e. The Kier molecular flexibility index (Phi) is 3.31. The summed E-state index contributed by atoms with van der Waals surface area (Å²) in [5.74, 6) is -0.455. The molecule has 0 aliphatic rings. The van der Waals surface area contributed by atoms with Crippen molar-refractivity contribution in [3.8, 4) is 0 Å². The van der Waals surface area contributed by atoms with Gasteiger partial charge in [-0.3, -0.25) is 4.98 Å². The molecule has 0 saturated carbocycles. The van der Waals surface area contributed by atoms with E-state index in [2.05, 4.69) is 9.97 Å². The molecule has 0 aliphatic heterocycles. The van der Waals surface area contributed by atoms with Gasteiger partial charge < -0.3 is 9.55 Å². The number of hydrogen-bond donors (Lipinski definition) is 1. The molecule has 3 aromatic rings. The first-order chi connectivity index (χ1) is 9.54. The van der Waals surface area contributed by atoms with Gasteiger partial charge in [-0.15, -0.1) is 0 Å². The Balaban J connectivity index is 2.11. The van der Waals surface area contributed by atoms with Crippen molar-refractivity contribution in [3.05, 3.63) is 57.3 Å². The van der Waals surface area contributed by atoms with E-state index in [9.17, 15) is 4.39 Å². The number of aromatic amines is 1. The molecule has 0 unspecified atom stereocenters. The number of hydrogen-bond acceptors (Lipinski definition) is 2. The van der Waals surface area contributed by atoms with Crippen LogP contribution in [0, 0.1) is 17.5 Å². The molecule has 0 spiro atoms. The van der Waals surface area contributed by atoms with Gasteiger partial charge in [0.25, 0.3) is 0 Å². The number of benzene rings is 1. The first-order valence-corrected chi connectivity index (χ1v) is 6.82. The van der Waals surface area contributed by atoms with Crippen LogP contribution in [-0.2, 0) is 6.54 Å². The average molecular weight is 308 g/mol. The third-order valence-electron chi connectivity index (χ3n) is 3.13. The van der Waals surface area contributed by atoms with Crippen molar-refractivity contribution in [1.29, 1.82) is 0 Å². The van der Waals surface area contributed by atoms with E-state index in [0.29, 0.717) is 16.8 Å². The van der Waals surface area contributed by atoms with E-state index in [1.807, 2.05) is 23.6 Å². The quantitative estimate of drug-likeness (QED) is 0.718. The SMILES string of the molecule is Cc1ccc(Cn2c(=S)[nH]c3cc(Cl)c(F)cc32)cn1. The summed E-state index contributed by atoms with van der Waals surface area (Å²) < 4.78 is 16.0. The monoisotopic (exact) mass is 307 g/mol. The second kappa shape index (κ2) is 5.00. The molecule has 0 bridgehead atoms. The summed E-state index contributed by atoms with van der Waals surface area (Å²) in [7, 11) is 0. The van der Waals surface area contributed by atoms with Crippen LogP contribution in [0.5, 0.6) is 0 Å². The Morgan fingerprint density at radius 1 is 1.40 bits per heavy atom. The van der Waals surface area contributed by atoms with Gasteiger partial charge in [-0.1, -0.05) is 17.7 Å². The van der Waals surface area contributed by atoms with Gasteiger partial charge in [0, 0.05) is 18.0 Å². The molecule has 2 heterocycles. The minimum absolute atomic E-state index is 0.0814. The zero-order valence-electron chi connectivity index (χ0n) is 10.7. The van der Waals surface area contributed by atoms with Crippen molar-refractivity contribution < 1.29 is 4.39 Å². The Morgan fingerprint density at radius 2 is 2.20 bits per heavy atom. The Labute approximate surface area is 125 Å². The number of imidazole rings is 1. The predicted molar refractivity (Wildman–Crippen MR) is 80.2 cm³/mol. The van der Waals surface area contributed by atoms with Gasteiger partial charge in [-0.2, -0.15) is 0 Å². The molecule has 0 radical (unpaired) electrons. The van der Waals surface area contributed by atoms with Gasteiger partial charge >= 0.3 is 0 Å². The maximum atomic E-state index is 13.6. The van der Waals surface area contributed by atoms with Crippen molar-refractivity contribution in [1.82, 2.24) is 14.5 Å². The topological polar surface area (TPSA) is 33.6 Å². The normalized spacial score (nSPS) is 11.2. The molecule has 0 aliphatic carbocycles. The highest BCUT2D eigenvalue weighted by molar-refractivity contribution is 7.71. The van der Waals surface area contributed by atoms with E-state index in [-0.39, 0.29) is 5.02 Å². The van der Waals surface area contributed by atoms with E-state index >= 15 is 0 Å². The van der Waals surface area contributed by atoms with Gasteiger partial charge in [-0.25, -0.2) is 4.39 Å². The molecule has 0 amide bonds. The maximum absolute atomic E-state index is 13.6. The summed E-state index contributed by atoms with van der Waals surface area (Å²) in [4.78, 5) is 7.28. The molecule has 20 heavy (non-hydrogen) atoms. The lowest BCUT2D eigenvalue weighted by atomic mass is 10.2. The van der Waals surface area contributed by atoms with Crippen LogP contribution in [0.1, 0.15) is 11.3 Å². The van der Waals surface area contributed by atoms with E-state index in [4.69, 9.17) is 23.8 Å². The van der Waals surface area contributed by atoms with E-state index in [0.717, 1.165) is 16.8 Å². The second-order valence-electron chi connectivity index (χ2n) is 4.61. The van der Waals surface area contributed by atoms with Crippen molar-refractivity contribution in [3.63, 3.8) is 0 Å². The molecule has 102 valence electrons.